The SMILES string of the molecule is COc1c(Nc2nc(NC(C)Cn3nc(C)cc3C)ncc2C(=O)O)cccc1-c1nnc(C)o1. The maximum Gasteiger partial charge on any atom is 0.341 e. The maximum atomic E-state index is 11.9. The molecule has 0 aliphatic carbocycles. The van der Waals surface area contributed by atoms with Gasteiger partial charge in [-0.15, -0.1) is 10.2 Å². The number of rotatable bonds is 9. The molecule has 12 nitrogen and oxygen atoms in total. The van der Waals surface area contributed by atoms with Crippen LogP contribution in [-0.4, -0.2) is 54.2 Å². The van der Waals surface area contributed by atoms with Crippen LogP contribution in [0.25, 0.3) is 11.5 Å². The van der Waals surface area contributed by atoms with Crippen molar-refractivity contribution in [1.82, 2.24) is 29.9 Å². The molecule has 4 rings (SSSR count). The van der Waals surface area contributed by atoms with E-state index in [4.69, 9.17) is 9.15 Å². The van der Waals surface area contributed by atoms with E-state index in [9.17, 15) is 9.90 Å². The van der Waals surface area contributed by atoms with Crippen LogP contribution in [0.15, 0.2) is 34.9 Å². The predicted molar refractivity (Wildman–Crippen MR) is 128 cm³/mol. The highest BCUT2D eigenvalue weighted by atomic mass is 16.5. The molecule has 182 valence electrons. The summed E-state index contributed by atoms with van der Waals surface area (Å²) in [6, 6.07) is 7.19. The van der Waals surface area contributed by atoms with E-state index in [-0.39, 0.29) is 29.3 Å². The topological polar surface area (TPSA) is 153 Å². The quantitative estimate of drug-likeness (QED) is 0.323. The van der Waals surface area contributed by atoms with Gasteiger partial charge in [0, 0.05) is 24.9 Å². The molecule has 0 bridgehead atoms. The molecular weight excluding hydrogens is 452 g/mol. The summed E-state index contributed by atoms with van der Waals surface area (Å²) in [5.41, 5.74) is 2.92. The van der Waals surface area contributed by atoms with Gasteiger partial charge in [-0.3, -0.25) is 4.68 Å². The Morgan fingerprint density at radius 3 is 2.69 bits per heavy atom. The van der Waals surface area contributed by atoms with Gasteiger partial charge in [0.05, 0.1) is 30.6 Å². The predicted octanol–water partition coefficient (Wildman–Crippen LogP) is 3.60. The van der Waals surface area contributed by atoms with Crippen LogP contribution in [0.1, 0.15) is 34.6 Å². The average Bonchev–Trinajstić information content (AvgIpc) is 3.37. The molecular formula is C23H26N8O4. The highest BCUT2D eigenvalue weighted by Crippen LogP contribution is 2.37. The number of para-hydroxylation sites is 1. The third-order valence-electron chi connectivity index (χ3n) is 5.17. The number of nitrogens with one attached hydrogen (secondary N) is 2. The second-order valence-corrected chi connectivity index (χ2v) is 8.05. The van der Waals surface area contributed by atoms with E-state index >= 15 is 0 Å². The molecule has 1 atom stereocenters. The van der Waals surface area contributed by atoms with Crippen LogP contribution in [0.3, 0.4) is 0 Å². The number of carbonyl (C=O) groups is 1. The lowest BCUT2D eigenvalue weighted by molar-refractivity contribution is 0.0697. The van der Waals surface area contributed by atoms with Crippen molar-refractivity contribution in [1.29, 1.82) is 0 Å². The number of carboxylic acids is 1. The second-order valence-electron chi connectivity index (χ2n) is 8.05. The Bertz CT molecular complexity index is 1360. The lowest BCUT2D eigenvalue weighted by atomic mass is 10.1. The van der Waals surface area contributed by atoms with E-state index in [1.165, 1.54) is 13.3 Å². The molecule has 0 saturated heterocycles. The van der Waals surface area contributed by atoms with Crippen molar-refractivity contribution in [2.45, 2.75) is 40.3 Å². The number of carboxylic acid groups (broad SMARTS) is 1. The number of aromatic carboxylic acids is 1. The number of hydrogen-bond donors (Lipinski definition) is 3. The Morgan fingerprint density at radius 1 is 1.26 bits per heavy atom. The Hall–Kier alpha value is -4.48. The maximum absolute atomic E-state index is 11.9. The van der Waals surface area contributed by atoms with Gasteiger partial charge in [0.25, 0.3) is 5.89 Å². The first-order valence-corrected chi connectivity index (χ1v) is 10.9. The van der Waals surface area contributed by atoms with Crippen LogP contribution in [-0.2, 0) is 6.54 Å². The van der Waals surface area contributed by atoms with Gasteiger partial charge >= 0.3 is 5.97 Å². The zero-order valence-electron chi connectivity index (χ0n) is 20.0. The van der Waals surface area contributed by atoms with Crippen LogP contribution in [0.5, 0.6) is 5.75 Å². The van der Waals surface area contributed by atoms with Crippen molar-refractivity contribution in [2.75, 3.05) is 17.7 Å². The first-order chi connectivity index (χ1) is 16.7. The Morgan fingerprint density at radius 2 is 2.06 bits per heavy atom. The minimum absolute atomic E-state index is 0.0739. The zero-order valence-corrected chi connectivity index (χ0v) is 20.0. The molecule has 0 spiro atoms. The van der Waals surface area contributed by atoms with Crippen LogP contribution in [0.2, 0.25) is 0 Å². The smallest absolute Gasteiger partial charge is 0.341 e. The summed E-state index contributed by atoms with van der Waals surface area (Å²) in [7, 11) is 1.50. The van der Waals surface area contributed by atoms with Crippen molar-refractivity contribution in [3.05, 3.63) is 53.3 Å². The summed E-state index contributed by atoms with van der Waals surface area (Å²) in [4.78, 5) is 20.5. The Labute approximate surface area is 201 Å². The molecule has 3 N–H and O–H groups in total. The molecule has 0 fully saturated rings. The molecule has 3 aromatic heterocycles. The van der Waals surface area contributed by atoms with Gasteiger partial charge in [-0.05, 0) is 39.0 Å². The van der Waals surface area contributed by atoms with Gasteiger partial charge in [0.1, 0.15) is 5.56 Å². The van der Waals surface area contributed by atoms with Gasteiger partial charge in [-0.2, -0.15) is 10.1 Å². The van der Waals surface area contributed by atoms with Gasteiger partial charge in [-0.1, -0.05) is 6.07 Å². The minimum atomic E-state index is -1.17. The van der Waals surface area contributed by atoms with E-state index in [1.807, 2.05) is 31.5 Å². The molecule has 0 aliphatic heterocycles. The van der Waals surface area contributed by atoms with Crippen LogP contribution < -0.4 is 15.4 Å². The molecule has 0 saturated carbocycles. The third-order valence-corrected chi connectivity index (χ3v) is 5.17. The highest BCUT2D eigenvalue weighted by molar-refractivity contribution is 5.94. The van der Waals surface area contributed by atoms with Gasteiger partial charge in [0.15, 0.2) is 11.6 Å². The molecule has 1 aromatic carbocycles. The number of nitrogens with zero attached hydrogens (tertiary/aromatic N) is 6. The molecule has 35 heavy (non-hydrogen) atoms. The molecule has 1 unspecified atom stereocenters. The molecule has 12 heteroatoms. The van der Waals surface area contributed by atoms with Gasteiger partial charge in [0.2, 0.25) is 11.8 Å². The summed E-state index contributed by atoms with van der Waals surface area (Å²) in [5, 5.41) is 28.3. The van der Waals surface area contributed by atoms with Crippen LogP contribution in [0, 0.1) is 20.8 Å². The molecule has 0 amide bonds. The van der Waals surface area contributed by atoms with Gasteiger partial charge < -0.3 is 24.9 Å². The standard InChI is InChI=1S/C23H26N8O4/c1-12-9-14(3)31(30-12)11-13(2)25-23-24-10-17(22(32)33)20(27-23)26-18-8-6-7-16(19(18)34-5)21-29-28-15(4)35-21/h6-10,13H,11H2,1-5H3,(H,32,33)(H2,24,25,26,27). The fourth-order valence-corrected chi connectivity index (χ4v) is 3.65. The second kappa shape index (κ2) is 9.79. The van der Waals surface area contributed by atoms with Crippen LogP contribution >= 0.6 is 0 Å². The van der Waals surface area contributed by atoms with E-state index < -0.39 is 5.97 Å². The van der Waals surface area contributed by atoms with Crippen molar-refractivity contribution < 1.29 is 19.1 Å². The summed E-state index contributed by atoms with van der Waals surface area (Å²) < 4.78 is 13.0. The summed E-state index contributed by atoms with van der Waals surface area (Å²) in [6.45, 7) is 8.18. The lowest BCUT2D eigenvalue weighted by Gasteiger charge is -2.17. The minimum Gasteiger partial charge on any atom is -0.494 e. The lowest BCUT2D eigenvalue weighted by Crippen LogP contribution is -2.24. The summed E-state index contributed by atoms with van der Waals surface area (Å²) in [5.74, 6) is 0.301. The third kappa shape index (κ3) is 5.21. The summed E-state index contributed by atoms with van der Waals surface area (Å²) >= 11 is 0. The number of anilines is 3. The van der Waals surface area contributed by atoms with E-state index in [2.05, 4.69) is 35.9 Å². The zero-order chi connectivity index (χ0) is 25.1. The normalized spacial score (nSPS) is 11.8. The number of ether oxygens (including phenoxy) is 1. The molecule has 4 aromatic rings. The fraction of sp³-hybridized carbons (Fsp3) is 0.304. The molecule has 0 radical (unpaired) electrons. The van der Waals surface area contributed by atoms with E-state index in [0.717, 1.165) is 11.4 Å². The van der Waals surface area contributed by atoms with Gasteiger partial charge in [-0.25, -0.2) is 9.78 Å². The number of aromatic nitrogens is 6. The fourth-order valence-electron chi connectivity index (χ4n) is 3.65. The highest BCUT2D eigenvalue weighted by Gasteiger charge is 2.20. The average molecular weight is 479 g/mol. The number of aryl methyl sites for hydroxylation is 3. The first-order valence-electron chi connectivity index (χ1n) is 10.9. The van der Waals surface area contributed by atoms with E-state index in [1.54, 1.807) is 25.1 Å². The largest absolute Gasteiger partial charge is 0.494 e. The number of methoxy groups -OCH3 is 1. The molecule has 0 aliphatic rings. The summed E-state index contributed by atoms with van der Waals surface area (Å²) in [6.07, 6.45) is 1.26. The monoisotopic (exact) mass is 478 g/mol. The van der Waals surface area contributed by atoms with Crippen molar-refractivity contribution in [3.63, 3.8) is 0 Å². The van der Waals surface area contributed by atoms with Crippen LogP contribution in [0.4, 0.5) is 17.5 Å². The number of hydrogen-bond acceptors (Lipinski definition) is 10. The first kappa shape index (κ1) is 23.7. The molecule has 3 heterocycles. The van der Waals surface area contributed by atoms with Crippen molar-refractivity contribution in [3.8, 4) is 17.2 Å². The van der Waals surface area contributed by atoms with Crippen molar-refractivity contribution >= 4 is 23.4 Å². The Kier molecular flexibility index (Phi) is 6.62. The number of benzene rings is 1. The van der Waals surface area contributed by atoms with E-state index in [0.29, 0.717) is 29.4 Å². The van der Waals surface area contributed by atoms with Crippen molar-refractivity contribution in [2.24, 2.45) is 0 Å². The Balaban J connectivity index is 1.62.